The maximum absolute atomic E-state index is 10.8. The summed E-state index contributed by atoms with van der Waals surface area (Å²) >= 11 is 1.52. The van der Waals surface area contributed by atoms with Crippen LogP contribution in [0.5, 0.6) is 16.7 Å². The van der Waals surface area contributed by atoms with Crippen molar-refractivity contribution in [1.82, 2.24) is 9.88 Å². The number of carbonyl (C=O) groups is 2. The molecule has 0 bridgehead atoms. The zero-order valence-electron chi connectivity index (χ0n) is 18.4. The fourth-order valence-corrected chi connectivity index (χ4v) is 3.87. The van der Waals surface area contributed by atoms with E-state index < -0.39 is 18.1 Å². The van der Waals surface area contributed by atoms with Gasteiger partial charge in [0, 0.05) is 19.1 Å². The third kappa shape index (κ3) is 8.72. The summed E-state index contributed by atoms with van der Waals surface area (Å²) in [7, 11) is 0. The molecule has 0 aliphatic heterocycles. The van der Waals surface area contributed by atoms with Gasteiger partial charge in [0.1, 0.15) is 18.1 Å². The number of carboxylic acid groups (broad SMARTS) is 2. The van der Waals surface area contributed by atoms with Gasteiger partial charge in [0.25, 0.3) is 5.19 Å². The Morgan fingerprint density at radius 1 is 1.03 bits per heavy atom. The van der Waals surface area contributed by atoms with Gasteiger partial charge in [-0.05, 0) is 49.2 Å². The second kappa shape index (κ2) is 11.8. The average Bonchev–Trinajstić information content (AvgIpc) is 3.56. The molecular formula is C23H23F3N2O6S. The number of benzene rings is 2. The van der Waals surface area contributed by atoms with E-state index in [0.717, 1.165) is 35.4 Å². The normalized spacial score (nSPS) is 13.3. The Kier molecular flexibility index (Phi) is 8.88. The van der Waals surface area contributed by atoms with Crippen molar-refractivity contribution in [2.45, 2.75) is 31.5 Å². The third-order valence-corrected chi connectivity index (χ3v) is 5.78. The van der Waals surface area contributed by atoms with Gasteiger partial charge in [0.15, 0.2) is 0 Å². The van der Waals surface area contributed by atoms with E-state index in [1.807, 2.05) is 48.5 Å². The molecule has 0 saturated heterocycles. The minimum atomic E-state index is -5.08. The number of halogens is 3. The summed E-state index contributed by atoms with van der Waals surface area (Å²) in [5.41, 5.74) is 0.936. The first-order chi connectivity index (χ1) is 16.6. The number of alkyl halides is 3. The Morgan fingerprint density at radius 2 is 1.66 bits per heavy atom. The third-order valence-electron chi connectivity index (χ3n) is 4.87. The minimum absolute atomic E-state index is 0.175. The van der Waals surface area contributed by atoms with Crippen molar-refractivity contribution in [2.75, 3.05) is 19.7 Å². The molecule has 4 rings (SSSR count). The molecule has 3 aromatic rings. The molecule has 0 amide bonds. The van der Waals surface area contributed by atoms with Crippen LogP contribution in [-0.2, 0) is 9.59 Å². The lowest BCUT2D eigenvalue weighted by atomic mass is 10.3. The highest BCUT2D eigenvalue weighted by Gasteiger charge is 2.38. The van der Waals surface area contributed by atoms with Crippen LogP contribution in [0.1, 0.15) is 19.3 Å². The maximum Gasteiger partial charge on any atom is 0.490 e. The molecule has 1 aliphatic carbocycles. The maximum atomic E-state index is 10.8. The first-order valence-electron chi connectivity index (χ1n) is 10.6. The van der Waals surface area contributed by atoms with Crippen LogP contribution >= 0.6 is 11.3 Å². The molecule has 0 spiro atoms. The van der Waals surface area contributed by atoms with Crippen molar-refractivity contribution < 1.29 is 42.4 Å². The number of hydrogen-bond donors (Lipinski definition) is 2. The second-order valence-electron chi connectivity index (χ2n) is 7.58. The van der Waals surface area contributed by atoms with E-state index in [0.29, 0.717) is 30.1 Å². The molecule has 0 radical (unpaired) electrons. The molecule has 1 heterocycles. The van der Waals surface area contributed by atoms with Gasteiger partial charge in [-0.15, -0.1) is 0 Å². The highest BCUT2D eigenvalue weighted by Crippen LogP contribution is 2.32. The Hall–Kier alpha value is -3.38. The van der Waals surface area contributed by atoms with E-state index >= 15 is 0 Å². The smallest absolute Gasteiger partial charge is 0.490 e. The van der Waals surface area contributed by atoms with Gasteiger partial charge in [-0.3, -0.25) is 9.69 Å². The van der Waals surface area contributed by atoms with Crippen LogP contribution in [0.2, 0.25) is 0 Å². The van der Waals surface area contributed by atoms with E-state index in [2.05, 4.69) is 9.88 Å². The van der Waals surface area contributed by atoms with E-state index in [-0.39, 0.29) is 6.42 Å². The lowest BCUT2D eigenvalue weighted by Crippen LogP contribution is -2.32. The van der Waals surface area contributed by atoms with Crippen LogP contribution in [-0.4, -0.2) is 64.0 Å². The van der Waals surface area contributed by atoms with Crippen molar-refractivity contribution in [3.05, 3.63) is 48.5 Å². The standard InChI is InChI=1S/C21H22N2O4S.C2HF3O2/c24-20(25)11-12-23(15-5-6-15)13-14-26-16-7-9-17(10-8-16)27-21-22-18-3-1-2-4-19(18)28-21;3-2(4,5)1(6)7/h1-4,7-10,15H,5-6,11-14H2,(H,24,25);(H,6,7). The lowest BCUT2D eigenvalue weighted by Gasteiger charge is -2.21. The Morgan fingerprint density at radius 3 is 2.23 bits per heavy atom. The minimum Gasteiger partial charge on any atom is -0.492 e. The summed E-state index contributed by atoms with van der Waals surface area (Å²) < 4.78 is 44.5. The van der Waals surface area contributed by atoms with Crippen LogP contribution in [0.3, 0.4) is 0 Å². The number of para-hydroxylation sites is 1. The van der Waals surface area contributed by atoms with Gasteiger partial charge in [0.05, 0.1) is 16.6 Å². The molecule has 188 valence electrons. The van der Waals surface area contributed by atoms with E-state index in [1.54, 1.807) is 0 Å². The predicted octanol–water partition coefficient (Wildman–Crippen LogP) is 5.04. The molecule has 0 unspecified atom stereocenters. The largest absolute Gasteiger partial charge is 0.492 e. The average molecular weight is 513 g/mol. The molecule has 2 N–H and O–H groups in total. The van der Waals surface area contributed by atoms with Gasteiger partial charge in [-0.1, -0.05) is 23.5 Å². The summed E-state index contributed by atoms with van der Waals surface area (Å²) in [6.45, 7) is 1.86. The van der Waals surface area contributed by atoms with Crippen molar-refractivity contribution in [3.8, 4) is 16.7 Å². The van der Waals surface area contributed by atoms with Gasteiger partial charge in [-0.2, -0.15) is 13.2 Å². The first kappa shape index (κ1) is 26.2. The van der Waals surface area contributed by atoms with Gasteiger partial charge in [-0.25, -0.2) is 9.78 Å². The van der Waals surface area contributed by atoms with Crippen LogP contribution in [0.4, 0.5) is 13.2 Å². The van der Waals surface area contributed by atoms with E-state index in [9.17, 15) is 18.0 Å². The van der Waals surface area contributed by atoms with Gasteiger partial charge >= 0.3 is 18.1 Å². The van der Waals surface area contributed by atoms with Crippen molar-refractivity contribution in [2.24, 2.45) is 0 Å². The number of aliphatic carboxylic acids is 2. The number of ether oxygens (including phenoxy) is 2. The molecule has 8 nitrogen and oxygen atoms in total. The van der Waals surface area contributed by atoms with Crippen LogP contribution in [0.15, 0.2) is 48.5 Å². The Labute approximate surface area is 202 Å². The number of nitrogens with zero attached hydrogens (tertiary/aromatic N) is 2. The SMILES string of the molecule is O=C(O)C(F)(F)F.O=C(O)CCN(CCOc1ccc(Oc2nc3ccccc3s2)cc1)C1CC1. The highest BCUT2D eigenvalue weighted by atomic mass is 32.1. The first-order valence-corrected chi connectivity index (χ1v) is 11.5. The summed E-state index contributed by atoms with van der Waals surface area (Å²) in [6.07, 6.45) is -2.61. The number of rotatable bonds is 10. The zero-order chi connectivity index (χ0) is 25.4. The molecule has 12 heteroatoms. The van der Waals surface area contributed by atoms with E-state index in [1.165, 1.54) is 11.3 Å². The summed E-state index contributed by atoms with van der Waals surface area (Å²) in [6, 6.07) is 16.0. The topological polar surface area (TPSA) is 109 Å². The molecule has 1 aromatic heterocycles. The second-order valence-corrected chi connectivity index (χ2v) is 8.58. The summed E-state index contributed by atoms with van der Waals surface area (Å²) in [4.78, 5) is 26.4. The quantitative estimate of drug-likeness (QED) is 0.389. The molecule has 2 aromatic carbocycles. The number of hydrogen-bond acceptors (Lipinski definition) is 7. The number of thiazole rings is 1. The van der Waals surface area contributed by atoms with Gasteiger partial charge < -0.3 is 19.7 Å². The van der Waals surface area contributed by atoms with Crippen molar-refractivity contribution >= 4 is 33.5 Å². The molecule has 1 aliphatic rings. The summed E-state index contributed by atoms with van der Waals surface area (Å²) in [5.74, 6) is -2.03. The van der Waals surface area contributed by atoms with E-state index in [4.69, 9.17) is 24.5 Å². The van der Waals surface area contributed by atoms with Crippen LogP contribution in [0, 0.1) is 0 Å². The molecule has 35 heavy (non-hydrogen) atoms. The molecule has 1 fully saturated rings. The number of carboxylic acids is 2. The molecule has 1 saturated carbocycles. The Bertz CT molecular complexity index is 1100. The fraction of sp³-hybridized carbons (Fsp3) is 0.348. The lowest BCUT2D eigenvalue weighted by molar-refractivity contribution is -0.192. The zero-order valence-corrected chi connectivity index (χ0v) is 19.2. The predicted molar refractivity (Wildman–Crippen MR) is 122 cm³/mol. The molecule has 0 atom stereocenters. The van der Waals surface area contributed by atoms with Crippen LogP contribution < -0.4 is 9.47 Å². The highest BCUT2D eigenvalue weighted by molar-refractivity contribution is 7.20. The van der Waals surface area contributed by atoms with Crippen molar-refractivity contribution in [3.63, 3.8) is 0 Å². The summed E-state index contributed by atoms with van der Waals surface area (Å²) in [5, 5.41) is 16.6. The van der Waals surface area contributed by atoms with Crippen LogP contribution in [0.25, 0.3) is 10.2 Å². The number of fused-ring (bicyclic) bond motifs is 1. The number of aromatic nitrogens is 1. The molecular weight excluding hydrogens is 489 g/mol. The van der Waals surface area contributed by atoms with Gasteiger partial charge in [0.2, 0.25) is 0 Å². The monoisotopic (exact) mass is 512 g/mol. The van der Waals surface area contributed by atoms with Crippen molar-refractivity contribution in [1.29, 1.82) is 0 Å². The Balaban J connectivity index is 0.000000429. The fourth-order valence-electron chi connectivity index (χ4n) is 3.04.